The number of aliphatic hydroxyl groups excluding tert-OH is 1. The van der Waals surface area contributed by atoms with Gasteiger partial charge < -0.3 is 10.1 Å². The Hall–Kier alpha value is -2.05. The van der Waals surface area contributed by atoms with Crippen LogP contribution in [0.15, 0.2) is 29.1 Å². The number of fused-ring (bicyclic) bond motifs is 1. The van der Waals surface area contributed by atoms with E-state index in [0.717, 1.165) is 18.4 Å². The van der Waals surface area contributed by atoms with Gasteiger partial charge in [-0.1, -0.05) is 44.2 Å². The molecule has 0 saturated carbocycles. The molecule has 1 aromatic carbocycles. The fourth-order valence-corrected chi connectivity index (χ4v) is 2.51. The van der Waals surface area contributed by atoms with E-state index in [-0.39, 0.29) is 5.43 Å². The third-order valence-electron chi connectivity index (χ3n) is 3.85. The average Bonchev–Trinajstić information content (AvgIpc) is 2.54. The smallest absolute Gasteiger partial charge is 0.192 e. The Morgan fingerprint density at radius 2 is 2.00 bits per heavy atom. The van der Waals surface area contributed by atoms with Crippen molar-refractivity contribution in [1.82, 2.24) is 4.98 Å². The maximum Gasteiger partial charge on any atom is 0.192 e. The van der Waals surface area contributed by atoms with Crippen molar-refractivity contribution in [2.45, 2.75) is 52.1 Å². The zero-order valence-electron chi connectivity index (χ0n) is 13.3. The van der Waals surface area contributed by atoms with Gasteiger partial charge in [0.25, 0.3) is 0 Å². The van der Waals surface area contributed by atoms with Crippen molar-refractivity contribution in [3.05, 3.63) is 45.7 Å². The van der Waals surface area contributed by atoms with E-state index in [1.807, 2.05) is 18.2 Å². The highest BCUT2D eigenvalue weighted by atomic mass is 16.3. The first kappa shape index (κ1) is 16.3. The highest BCUT2D eigenvalue weighted by molar-refractivity contribution is 5.79. The molecule has 3 nitrogen and oxygen atoms in total. The van der Waals surface area contributed by atoms with Gasteiger partial charge in [-0.2, -0.15) is 0 Å². The Kier molecular flexibility index (Phi) is 5.80. The van der Waals surface area contributed by atoms with Crippen molar-refractivity contribution in [3.63, 3.8) is 0 Å². The number of benzene rings is 1. The summed E-state index contributed by atoms with van der Waals surface area (Å²) in [6.45, 7) is 3.90. The molecule has 22 heavy (non-hydrogen) atoms. The van der Waals surface area contributed by atoms with Crippen molar-refractivity contribution in [2.75, 3.05) is 0 Å². The summed E-state index contributed by atoms with van der Waals surface area (Å²) in [6, 6.07) is 7.33. The van der Waals surface area contributed by atoms with Crippen LogP contribution in [0.25, 0.3) is 10.9 Å². The quantitative estimate of drug-likeness (QED) is 0.650. The summed E-state index contributed by atoms with van der Waals surface area (Å²) < 4.78 is 0. The second kappa shape index (κ2) is 7.82. The van der Waals surface area contributed by atoms with Crippen molar-refractivity contribution >= 4 is 10.9 Å². The van der Waals surface area contributed by atoms with Crippen LogP contribution in [0, 0.1) is 18.8 Å². The molecule has 2 aromatic rings. The van der Waals surface area contributed by atoms with Gasteiger partial charge in [0.05, 0.1) is 5.69 Å². The van der Waals surface area contributed by atoms with Crippen LogP contribution in [0.1, 0.15) is 56.4 Å². The maximum atomic E-state index is 12.3. The number of rotatable bonds is 5. The van der Waals surface area contributed by atoms with Gasteiger partial charge in [0.1, 0.15) is 0 Å². The Morgan fingerprint density at radius 3 is 2.77 bits per heavy atom. The number of unbranched alkanes of at least 4 members (excludes halogenated alkanes) is 4. The standard InChI is InChI=1S/C19H23NO2/c1-3-4-5-6-7-8-13-17(21)18-14(2)19(22)15-11-9-10-12-16(15)20-18/h9-12,17,21H,3-7H2,1-2H3,(H,20,22). The first-order valence-electron chi connectivity index (χ1n) is 7.93. The number of aromatic amines is 1. The monoisotopic (exact) mass is 297 g/mol. The van der Waals surface area contributed by atoms with E-state index in [4.69, 9.17) is 0 Å². The van der Waals surface area contributed by atoms with Crippen LogP contribution in [0.4, 0.5) is 0 Å². The summed E-state index contributed by atoms with van der Waals surface area (Å²) in [4.78, 5) is 15.5. The van der Waals surface area contributed by atoms with E-state index >= 15 is 0 Å². The van der Waals surface area contributed by atoms with Crippen molar-refractivity contribution in [1.29, 1.82) is 0 Å². The van der Waals surface area contributed by atoms with E-state index in [1.54, 1.807) is 13.0 Å². The molecule has 0 radical (unpaired) electrons. The summed E-state index contributed by atoms with van der Waals surface area (Å²) in [5.41, 5.74) is 1.72. The lowest BCUT2D eigenvalue weighted by atomic mass is 10.1. The van der Waals surface area contributed by atoms with E-state index in [2.05, 4.69) is 23.7 Å². The second-order valence-electron chi connectivity index (χ2n) is 5.57. The first-order valence-corrected chi connectivity index (χ1v) is 7.93. The lowest BCUT2D eigenvalue weighted by Crippen LogP contribution is -2.13. The van der Waals surface area contributed by atoms with Gasteiger partial charge in [0, 0.05) is 22.9 Å². The number of nitrogens with one attached hydrogen (secondary N) is 1. The minimum absolute atomic E-state index is 0.0480. The molecule has 2 N–H and O–H groups in total. The molecule has 116 valence electrons. The van der Waals surface area contributed by atoms with Crippen LogP contribution in [0.2, 0.25) is 0 Å². The summed E-state index contributed by atoms with van der Waals surface area (Å²) >= 11 is 0. The van der Waals surface area contributed by atoms with Gasteiger partial charge in [0.15, 0.2) is 11.5 Å². The zero-order chi connectivity index (χ0) is 15.9. The lowest BCUT2D eigenvalue weighted by Gasteiger charge is -2.10. The summed E-state index contributed by atoms with van der Waals surface area (Å²) in [6.07, 6.45) is 4.50. The lowest BCUT2D eigenvalue weighted by molar-refractivity contribution is 0.232. The van der Waals surface area contributed by atoms with Gasteiger partial charge in [-0.05, 0) is 25.5 Å². The molecule has 0 amide bonds. The third-order valence-corrected chi connectivity index (χ3v) is 3.85. The second-order valence-corrected chi connectivity index (χ2v) is 5.57. The molecular weight excluding hydrogens is 274 g/mol. The number of hydrogen-bond acceptors (Lipinski definition) is 2. The molecule has 0 bridgehead atoms. The maximum absolute atomic E-state index is 12.3. The van der Waals surface area contributed by atoms with Crippen molar-refractivity contribution < 1.29 is 5.11 Å². The molecule has 0 saturated heterocycles. The number of H-pyrrole nitrogens is 1. The van der Waals surface area contributed by atoms with Crippen molar-refractivity contribution in [2.24, 2.45) is 0 Å². The minimum atomic E-state index is -0.941. The molecular formula is C19H23NO2. The fraction of sp³-hybridized carbons (Fsp3) is 0.421. The molecule has 1 heterocycles. The summed E-state index contributed by atoms with van der Waals surface area (Å²) in [5, 5.41) is 10.9. The van der Waals surface area contributed by atoms with E-state index in [9.17, 15) is 9.90 Å². The van der Waals surface area contributed by atoms with Gasteiger partial charge in [-0.3, -0.25) is 4.79 Å². The zero-order valence-corrected chi connectivity index (χ0v) is 13.3. The van der Waals surface area contributed by atoms with Gasteiger partial charge >= 0.3 is 0 Å². The molecule has 2 rings (SSSR count). The molecule has 0 aliphatic carbocycles. The van der Waals surface area contributed by atoms with Crippen LogP contribution >= 0.6 is 0 Å². The molecule has 0 aliphatic rings. The van der Waals surface area contributed by atoms with E-state index in [0.29, 0.717) is 16.6 Å². The minimum Gasteiger partial charge on any atom is -0.375 e. The van der Waals surface area contributed by atoms with Crippen LogP contribution in [0.3, 0.4) is 0 Å². The molecule has 0 spiro atoms. The normalized spacial score (nSPS) is 12.0. The summed E-state index contributed by atoms with van der Waals surface area (Å²) in [7, 11) is 0. The molecule has 1 atom stereocenters. The van der Waals surface area contributed by atoms with Crippen LogP contribution in [0.5, 0.6) is 0 Å². The van der Waals surface area contributed by atoms with E-state index in [1.165, 1.54) is 19.3 Å². The highest BCUT2D eigenvalue weighted by Gasteiger charge is 2.13. The van der Waals surface area contributed by atoms with Gasteiger partial charge in [-0.15, -0.1) is 5.92 Å². The summed E-state index contributed by atoms with van der Waals surface area (Å²) in [5.74, 6) is 5.86. The third kappa shape index (κ3) is 3.78. The number of aliphatic hydroxyl groups is 1. The number of pyridine rings is 1. The Morgan fingerprint density at radius 1 is 1.23 bits per heavy atom. The SMILES string of the molecule is CCCCCCC#CC(O)c1[nH]c2ccccc2c(=O)c1C. The first-order chi connectivity index (χ1) is 10.6. The number of hydrogen-bond donors (Lipinski definition) is 2. The van der Waals surface area contributed by atoms with Crippen molar-refractivity contribution in [3.8, 4) is 11.8 Å². The Balaban J connectivity index is 2.18. The molecule has 3 heteroatoms. The fourth-order valence-electron chi connectivity index (χ4n) is 2.51. The molecule has 1 aromatic heterocycles. The topological polar surface area (TPSA) is 53.1 Å². The van der Waals surface area contributed by atoms with Crippen LogP contribution in [-0.2, 0) is 0 Å². The predicted molar refractivity (Wildman–Crippen MR) is 90.8 cm³/mol. The number of aromatic nitrogens is 1. The molecule has 0 fully saturated rings. The van der Waals surface area contributed by atoms with Gasteiger partial charge in [-0.25, -0.2) is 0 Å². The average molecular weight is 297 g/mol. The Labute approximate surface area is 131 Å². The predicted octanol–water partition coefficient (Wildman–Crippen LogP) is 3.84. The van der Waals surface area contributed by atoms with E-state index < -0.39 is 6.10 Å². The Bertz CT molecular complexity index is 749. The van der Waals surface area contributed by atoms with Crippen LogP contribution in [-0.4, -0.2) is 10.1 Å². The van der Waals surface area contributed by atoms with Gasteiger partial charge in [0.2, 0.25) is 0 Å². The number of para-hydroxylation sites is 1. The highest BCUT2D eigenvalue weighted by Crippen LogP contribution is 2.16. The largest absolute Gasteiger partial charge is 0.375 e. The molecule has 1 unspecified atom stereocenters. The van der Waals surface area contributed by atoms with Crippen LogP contribution < -0.4 is 5.43 Å². The molecule has 0 aliphatic heterocycles.